The van der Waals surface area contributed by atoms with Crippen molar-refractivity contribution >= 4 is 45.3 Å². The van der Waals surface area contributed by atoms with Gasteiger partial charge in [-0.15, -0.1) is 0 Å². The van der Waals surface area contributed by atoms with Crippen LogP contribution in [0.4, 0.5) is 5.69 Å². The van der Waals surface area contributed by atoms with E-state index in [-0.39, 0.29) is 17.6 Å². The van der Waals surface area contributed by atoms with Crippen molar-refractivity contribution in [3.63, 3.8) is 0 Å². The molecule has 3 aromatic rings. The van der Waals surface area contributed by atoms with E-state index in [0.29, 0.717) is 23.6 Å². The van der Waals surface area contributed by atoms with Crippen LogP contribution in [0, 0.1) is 11.8 Å². The molecule has 3 aliphatic rings. The SMILES string of the molecule is CCCCOc1ccc(N2C(=O)[C@@H]3[C@@H](C2=O)[C@@H]2c4ccccc4C=CN2[C@@H]3C(=O)c2ccc(Br)cc2)cc1. The van der Waals surface area contributed by atoms with Crippen LogP contribution in [0.15, 0.2) is 83.5 Å². The number of anilines is 1. The van der Waals surface area contributed by atoms with Crippen LogP contribution < -0.4 is 9.64 Å². The van der Waals surface area contributed by atoms with Crippen molar-refractivity contribution in [2.75, 3.05) is 11.5 Å². The van der Waals surface area contributed by atoms with Gasteiger partial charge >= 0.3 is 0 Å². The first-order valence-electron chi connectivity index (χ1n) is 12.9. The summed E-state index contributed by atoms with van der Waals surface area (Å²) >= 11 is 3.42. The second kappa shape index (κ2) is 9.87. The molecule has 0 unspecified atom stereocenters. The Morgan fingerprint density at radius 2 is 1.63 bits per heavy atom. The van der Waals surface area contributed by atoms with Gasteiger partial charge in [-0.1, -0.05) is 65.7 Å². The van der Waals surface area contributed by atoms with E-state index in [1.165, 1.54) is 4.90 Å². The van der Waals surface area contributed by atoms with Gasteiger partial charge in [0.2, 0.25) is 11.8 Å². The number of imide groups is 1. The first-order chi connectivity index (χ1) is 18.5. The first kappa shape index (κ1) is 24.6. The number of fused-ring (bicyclic) bond motifs is 5. The number of halogens is 1. The Hall–Kier alpha value is -3.71. The average Bonchev–Trinajstić information content (AvgIpc) is 3.41. The third-order valence-electron chi connectivity index (χ3n) is 7.72. The summed E-state index contributed by atoms with van der Waals surface area (Å²) in [4.78, 5) is 45.2. The fraction of sp³-hybridized carbons (Fsp3) is 0.258. The van der Waals surface area contributed by atoms with Crippen molar-refractivity contribution in [1.29, 1.82) is 0 Å². The summed E-state index contributed by atoms with van der Waals surface area (Å²) in [6, 6.07) is 20.9. The maximum absolute atomic E-state index is 14.0. The second-order valence-corrected chi connectivity index (χ2v) is 10.8. The molecule has 7 heteroatoms. The lowest BCUT2D eigenvalue weighted by atomic mass is 9.83. The van der Waals surface area contributed by atoms with E-state index in [1.54, 1.807) is 36.4 Å². The van der Waals surface area contributed by atoms with Gasteiger partial charge in [0, 0.05) is 16.2 Å². The molecule has 6 rings (SSSR count). The normalized spacial score (nSPS) is 23.3. The van der Waals surface area contributed by atoms with Crippen LogP contribution in [-0.2, 0) is 9.59 Å². The van der Waals surface area contributed by atoms with Gasteiger partial charge in [-0.25, -0.2) is 4.90 Å². The molecule has 6 nitrogen and oxygen atoms in total. The molecule has 0 spiro atoms. The van der Waals surface area contributed by atoms with Gasteiger partial charge in [0.15, 0.2) is 5.78 Å². The molecule has 192 valence electrons. The molecule has 4 atom stereocenters. The Labute approximate surface area is 230 Å². The van der Waals surface area contributed by atoms with E-state index in [2.05, 4.69) is 22.9 Å². The van der Waals surface area contributed by atoms with Crippen LogP contribution in [0.3, 0.4) is 0 Å². The van der Waals surface area contributed by atoms with Crippen LogP contribution in [-0.4, -0.2) is 35.1 Å². The zero-order chi connectivity index (χ0) is 26.4. The van der Waals surface area contributed by atoms with Crippen LogP contribution in [0.1, 0.15) is 47.3 Å². The molecule has 2 fully saturated rings. The number of Topliss-reactive ketones (excluding diaryl/α,β-unsaturated/α-hetero) is 1. The highest BCUT2D eigenvalue weighted by molar-refractivity contribution is 9.10. The van der Waals surface area contributed by atoms with E-state index in [0.717, 1.165) is 28.4 Å². The van der Waals surface area contributed by atoms with E-state index in [9.17, 15) is 14.4 Å². The summed E-state index contributed by atoms with van der Waals surface area (Å²) in [6.07, 6.45) is 5.82. The summed E-state index contributed by atoms with van der Waals surface area (Å²) in [5.74, 6) is -1.54. The molecule has 3 aromatic carbocycles. The van der Waals surface area contributed by atoms with Gasteiger partial charge in [-0.2, -0.15) is 0 Å². The van der Waals surface area contributed by atoms with Crippen molar-refractivity contribution in [2.24, 2.45) is 11.8 Å². The number of benzene rings is 3. The Morgan fingerprint density at radius 3 is 2.37 bits per heavy atom. The summed E-state index contributed by atoms with van der Waals surface area (Å²) in [6.45, 7) is 2.72. The molecule has 0 aliphatic carbocycles. The summed E-state index contributed by atoms with van der Waals surface area (Å²) in [7, 11) is 0. The largest absolute Gasteiger partial charge is 0.494 e. The van der Waals surface area contributed by atoms with Crippen LogP contribution in [0.5, 0.6) is 5.75 Å². The van der Waals surface area contributed by atoms with Gasteiger partial charge in [0.05, 0.1) is 30.2 Å². The predicted molar refractivity (Wildman–Crippen MR) is 149 cm³/mol. The van der Waals surface area contributed by atoms with E-state index in [4.69, 9.17) is 4.74 Å². The van der Waals surface area contributed by atoms with Gasteiger partial charge in [-0.05, 0) is 60.0 Å². The lowest BCUT2D eigenvalue weighted by molar-refractivity contribution is -0.123. The third-order valence-corrected chi connectivity index (χ3v) is 8.25. The molecule has 0 N–H and O–H groups in total. The number of carbonyl (C=O) groups excluding carboxylic acids is 3. The Bertz CT molecular complexity index is 1430. The van der Waals surface area contributed by atoms with Gasteiger partial charge in [0.25, 0.3) is 0 Å². The Morgan fingerprint density at radius 1 is 0.921 bits per heavy atom. The maximum Gasteiger partial charge on any atom is 0.240 e. The van der Waals surface area contributed by atoms with Crippen molar-refractivity contribution in [1.82, 2.24) is 4.90 Å². The second-order valence-electron chi connectivity index (χ2n) is 9.91. The van der Waals surface area contributed by atoms with E-state index in [1.807, 2.05) is 53.6 Å². The molecule has 0 saturated carbocycles. The zero-order valence-corrected chi connectivity index (χ0v) is 22.5. The number of carbonyl (C=O) groups is 3. The zero-order valence-electron chi connectivity index (χ0n) is 20.9. The fourth-order valence-electron chi connectivity index (χ4n) is 5.92. The Kier molecular flexibility index (Phi) is 6.40. The molecular formula is C31H27BrN2O4. The Balaban J connectivity index is 1.39. The molecule has 3 aliphatic heterocycles. The van der Waals surface area contributed by atoms with Gasteiger partial charge in [-0.3, -0.25) is 14.4 Å². The number of ketones is 1. The number of unbranched alkanes of at least 4 members (excludes halogenated alkanes) is 1. The van der Waals surface area contributed by atoms with Crippen LogP contribution >= 0.6 is 15.9 Å². The molecule has 0 radical (unpaired) electrons. The molecule has 2 saturated heterocycles. The predicted octanol–water partition coefficient (Wildman–Crippen LogP) is 6.03. The summed E-state index contributed by atoms with van der Waals surface area (Å²) < 4.78 is 6.62. The standard InChI is InChI=1S/C31H27BrN2O4/c1-2-3-18-38-23-14-12-22(13-15-23)34-30(36)25-26(31(34)37)28(29(35)20-8-10-21(32)11-9-20)33-17-16-19-6-4-5-7-24(19)27(25)33/h4-17,25-28H,2-3,18H2,1H3/t25-,26-,27+,28+/m1/s1. The number of hydrogen-bond acceptors (Lipinski definition) is 5. The minimum absolute atomic E-state index is 0.165. The third kappa shape index (κ3) is 3.97. The number of hydrogen-bond donors (Lipinski definition) is 0. The molecular weight excluding hydrogens is 544 g/mol. The highest BCUT2D eigenvalue weighted by atomic mass is 79.9. The fourth-order valence-corrected chi connectivity index (χ4v) is 6.19. The molecule has 0 bridgehead atoms. The summed E-state index contributed by atoms with van der Waals surface area (Å²) in [5, 5.41) is 0. The lowest BCUT2D eigenvalue weighted by Crippen LogP contribution is -2.44. The van der Waals surface area contributed by atoms with E-state index >= 15 is 0 Å². The highest BCUT2D eigenvalue weighted by Crippen LogP contribution is 2.53. The van der Waals surface area contributed by atoms with Crippen molar-refractivity contribution in [2.45, 2.75) is 31.8 Å². The number of ether oxygens (including phenoxy) is 1. The van der Waals surface area contributed by atoms with Gasteiger partial charge < -0.3 is 9.64 Å². The molecule has 3 heterocycles. The highest BCUT2D eigenvalue weighted by Gasteiger charge is 2.64. The number of rotatable bonds is 7. The quantitative estimate of drug-likeness (QED) is 0.197. The number of amides is 2. The average molecular weight is 571 g/mol. The van der Waals surface area contributed by atoms with Crippen molar-refractivity contribution in [3.8, 4) is 5.75 Å². The van der Waals surface area contributed by atoms with E-state index < -0.39 is 23.9 Å². The minimum atomic E-state index is -0.792. The molecule has 38 heavy (non-hydrogen) atoms. The number of nitrogens with zero attached hydrogens (tertiary/aromatic N) is 2. The summed E-state index contributed by atoms with van der Waals surface area (Å²) in [5.41, 5.74) is 2.96. The molecule has 2 amide bonds. The first-order valence-corrected chi connectivity index (χ1v) is 13.7. The monoisotopic (exact) mass is 570 g/mol. The minimum Gasteiger partial charge on any atom is -0.494 e. The van der Waals surface area contributed by atoms with Crippen LogP contribution in [0.2, 0.25) is 0 Å². The lowest BCUT2D eigenvalue weighted by Gasteiger charge is -2.35. The van der Waals surface area contributed by atoms with Gasteiger partial charge in [0.1, 0.15) is 11.8 Å². The molecule has 0 aromatic heterocycles. The van der Waals surface area contributed by atoms with Crippen molar-refractivity contribution < 1.29 is 19.1 Å². The van der Waals surface area contributed by atoms with Crippen LogP contribution in [0.25, 0.3) is 6.08 Å². The topological polar surface area (TPSA) is 66.9 Å². The maximum atomic E-state index is 14.0. The smallest absolute Gasteiger partial charge is 0.240 e. The van der Waals surface area contributed by atoms with Crippen molar-refractivity contribution in [3.05, 3.63) is 100 Å².